The maximum Gasteiger partial charge on any atom is 0.0625 e. The molecule has 8 aromatic rings. The van der Waals surface area contributed by atoms with E-state index >= 15 is 0 Å². The summed E-state index contributed by atoms with van der Waals surface area (Å²) >= 11 is 0. The second kappa shape index (κ2) is 10.2. The Morgan fingerprint density at radius 2 is 0.935 bits per heavy atom. The van der Waals surface area contributed by atoms with E-state index < -0.39 is 0 Å². The molecule has 0 aliphatic heterocycles. The molecule has 0 radical (unpaired) electrons. The summed E-state index contributed by atoms with van der Waals surface area (Å²) in [5.74, 6) is 0. The molecule has 0 aromatic heterocycles. The summed E-state index contributed by atoms with van der Waals surface area (Å²) in [6.07, 6.45) is 0. The Morgan fingerprint density at radius 1 is 0.413 bits per heavy atom. The van der Waals surface area contributed by atoms with Gasteiger partial charge in [0.05, 0.1) is 5.69 Å². The second-order valence-corrected chi connectivity index (χ2v) is 12.9. The van der Waals surface area contributed by atoms with Crippen molar-refractivity contribution in [3.8, 4) is 22.3 Å². The van der Waals surface area contributed by atoms with Gasteiger partial charge in [-0.15, -0.1) is 0 Å². The van der Waals surface area contributed by atoms with Gasteiger partial charge in [-0.3, -0.25) is 0 Å². The van der Waals surface area contributed by atoms with Gasteiger partial charge in [0.25, 0.3) is 0 Å². The molecule has 0 bridgehead atoms. The Morgan fingerprint density at radius 3 is 1.63 bits per heavy atom. The first-order valence-electron chi connectivity index (χ1n) is 16.1. The van der Waals surface area contributed by atoms with Crippen molar-refractivity contribution >= 4 is 49.4 Å². The van der Waals surface area contributed by atoms with E-state index in [4.69, 9.17) is 0 Å². The van der Waals surface area contributed by atoms with Gasteiger partial charge in [-0.25, -0.2) is 0 Å². The molecule has 0 saturated carbocycles. The molecule has 1 aliphatic carbocycles. The number of para-hydroxylation sites is 2. The highest BCUT2D eigenvalue weighted by atomic mass is 15.1. The van der Waals surface area contributed by atoms with E-state index in [0.29, 0.717) is 0 Å². The molecular formula is C45H33N. The van der Waals surface area contributed by atoms with Crippen LogP contribution in [0.25, 0.3) is 54.6 Å². The molecule has 0 spiro atoms. The number of benzene rings is 8. The number of anilines is 3. The number of hydrogen-bond donors (Lipinski definition) is 0. The maximum absolute atomic E-state index is 2.48. The van der Waals surface area contributed by atoms with Gasteiger partial charge in [-0.2, -0.15) is 0 Å². The molecule has 46 heavy (non-hydrogen) atoms. The second-order valence-electron chi connectivity index (χ2n) is 12.9. The number of fused-ring (bicyclic) bond motifs is 8. The largest absolute Gasteiger partial charge is 0.309 e. The highest BCUT2D eigenvalue weighted by Gasteiger charge is 2.41. The predicted molar refractivity (Wildman–Crippen MR) is 197 cm³/mol. The highest BCUT2D eigenvalue weighted by Crippen LogP contribution is 2.60. The van der Waals surface area contributed by atoms with E-state index in [1.54, 1.807) is 0 Å². The normalized spacial score (nSPS) is 13.2. The number of hydrogen-bond acceptors (Lipinski definition) is 1. The van der Waals surface area contributed by atoms with E-state index in [0.717, 1.165) is 11.4 Å². The molecule has 9 rings (SSSR count). The molecule has 0 unspecified atom stereocenters. The zero-order chi connectivity index (χ0) is 30.8. The lowest BCUT2D eigenvalue weighted by Gasteiger charge is -2.33. The predicted octanol–water partition coefficient (Wildman–Crippen LogP) is 12.6. The number of rotatable bonds is 4. The van der Waals surface area contributed by atoms with Crippen LogP contribution >= 0.6 is 0 Å². The fraction of sp³-hybridized carbons (Fsp3) is 0.0667. The Kier molecular flexibility index (Phi) is 5.92. The van der Waals surface area contributed by atoms with Crippen LogP contribution in [0, 0.1) is 0 Å². The molecule has 1 heteroatoms. The zero-order valence-electron chi connectivity index (χ0n) is 26.0. The highest BCUT2D eigenvalue weighted by molar-refractivity contribution is 6.22. The Labute approximate surface area is 270 Å². The molecule has 0 N–H and O–H groups in total. The van der Waals surface area contributed by atoms with Gasteiger partial charge >= 0.3 is 0 Å². The molecule has 0 fully saturated rings. The number of nitrogens with zero attached hydrogens (tertiary/aromatic N) is 1. The fourth-order valence-electron chi connectivity index (χ4n) is 8.04. The molecule has 0 amide bonds. The average Bonchev–Trinajstić information content (AvgIpc) is 3.36. The third kappa shape index (κ3) is 3.82. The van der Waals surface area contributed by atoms with Crippen molar-refractivity contribution in [2.45, 2.75) is 19.3 Å². The van der Waals surface area contributed by atoms with Gasteiger partial charge in [0, 0.05) is 27.7 Å². The van der Waals surface area contributed by atoms with Crippen LogP contribution in [0.2, 0.25) is 0 Å². The molecule has 8 aromatic carbocycles. The first-order valence-corrected chi connectivity index (χ1v) is 16.1. The van der Waals surface area contributed by atoms with Crippen LogP contribution in [0.15, 0.2) is 164 Å². The van der Waals surface area contributed by atoms with Crippen molar-refractivity contribution in [2.24, 2.45) is 0 Å². The average molecular weight is 588 g/mol. The summed E-state index contributed by atoms with van der Waals surface area (Å²) < 4.78 is 0. The zero-order valence-corrected chi connectivity index (χ0v) is 26.0. The Balaban J connectivity index is 1.56. The van der Waals surface area contributed by atoms with Gasteiger partial charge in [0.2, 0.25) is 0 Å². The van der Waals surface area contributed by atoms with Gasteiger partial charge in [-0.05, 0) is 85.1 Å². The van der Waals surface area contributed by atoms with Crippen LogP contribution in [-0.2, 0) is 5.41 Å². The SMILES string of the molecule is CC1(C)c2ccccc2-c2c(-c3cc4ccccc4c4ccccc34)c(N(c3ccccc3)c3ccccc3)c3ccccc3c21. The van der Waals surface area contributed by atoms with Crippen LogP contribution in [-0.4, -0.2) is 0 Å². The van der Waals surface area contributed by atoms with Gasteiger partial charge in [0.1, 0.15) is 0 Å². The summed E-state index contributed by atoms with van der Waals surface area (Å²) in [5, 5.41) is 7.63. The molecule has 0 heterocycles. The lowest BCUT2D eigenvalue weighted by molar-refractivity contribution is 0.666. The van der Waals surface area contributed by atoms with Crippen molar-refractivity contribution < 1.29 is 0 Å². The topological polar surface area (TPSA) is 3.24 Å². The van der Waals surface area contributed by atoms with Gasteiger partial charge < -0.3 is 4.90 Å². The molecule has 0 saturated heterocycles. The molecular weight excluding hydrogens is 555 g/mol. The van der Waals surface area contributed by atoms with Gasteiger partial charge in [0.15, 0.2) is 0 Å². The lowest BCUT2D eigenvalue weighted by atomic mass is 9.78. The third-order valence-electron chi connectivity index (χ3n) is 9.97. The van der Waals surface area contributed by atoms with Crippen LogP contribution < -0.4 is 4.90 Å². The monoisotopic (exact) mass is 587 g/mol. The van der Waals surface area contributed by atoms with E-state index in [2.05, 4.69) is 183 Å². The van der Waals surface area contributed by atoms with Crippen LogP contribution in [0.5, 0.6) is 0 Å². The first-order chi connectivity index (χ1) is 22.6. The molecule has 0 atom stereocenters. The maximum atomic E-state index is 2.48. The minimum atomic E-state index is -0.171. The van der Waals surface area contributed by atoms with E-state index in [-0.39, 0.29) is 5.41 Å². The Bertz CT molecular complexity index is 2400. The van der Waals surface area contributed by atoms with Crippen LogP contribution in [0.3, 0.4) is 0 Å². The fourth-order valence-corrected chi connectivity index (χ4v) is 8.04. The van der Waals surface area contributed by atoms with Crippen molar-refractivity contribution in [3.05, 3.63) is 175 Å². The summed E-state index contributed by atoms with van der Waals surface area (Å²) in [6.45, 7) is 4.80. The Hall–Kier alpha value is -5.66. The molecule has 218 valence electrons. The van der Waals surface area contributed by atoms with E-state index in [1.807, 2.05) is 0 Å². The van der Waals surface area contributed by atoms with Crippen LogP contribution in [0.4, 0.5) is 17.1 Å². The summed E-state index contributed by atoms with van der Waals surface area (Å²) in [5.41, 5.74) is 11.3. The van der Waals surface area contributed by atoms with Crippen molar-refractivity contribution in [1.82, 2.24) is 0 Å². The summed E-state index contributed by atoms with van der Waals surface area (Å²) in [6, 6.07) is 60.0. The van der Waals surface area contributed by atoms with E-state index in [1.165, 1.54) is 71.4 Å². The van der Waals surface area contributed by atoms with Gasteiger partial charge in [-0.1, -0.05) is 147 Å². The molecule has 1 nitrogen and oxygen atoms in total. The third-order valence-corrected chi connectivity index (χ3v) is 9.97. The summed E-state index contributed by atoms with van der Waals surface area (Å²) in [4.78, 5) is 2.48. The summed E-state index contributed by atoms with van der Waals surface area (Å²) in [7, 11) is 0. The first kappa shape index (κ1) is 26.7. The quantitative estimate of drug-likeness (QED) is 0.185. The minimum Gasteiger partial charge on any atom is -0.309 e. The van der Waals surface area contributed by atoms with Crippen LogP contribution in [0.1, 0.15) is 25.0 Å². The van der Waals surface area contributed by atoms with Crippen molar-refractivity contribution in [1.29, 1.82) is 0 Å². The van der Waals surface area contributed by atoms with E-state index in [9.17, 15) is 0 Å². The van der Waals surface area contributed by atoms with Crippen molar-refractivity contribution in [3.63, 3.8) is 0 Å². The smallest absolute Gasteiger partial charge is 0.0625 e. The minimum absolute atomic E-state index is 0.171. The van der Waals surface area contributed by atoms with Crippen molar-refractivity contribution in [2.75, 3.05) is 4.90 Å². The standard InChI is InChI=1S/C45H33N/c1-45(2)40-28-16-15-27-38(40)41-42(39-29-30-17-9-10-22-33(30)34-23-11-12-24-35(34)39)44(37-26-14-13-25-36(37)43(41)45)46(31-18-5-3-6-19-31)32-20-7-4-8-21-32/h3-29H,1-2H3. The molecule has 1 aliphatic rings. The lowest BCUT2D eigenvalue weighted by Crippen LogP contribution is -2.17.